The van der Waals surface area contributed by atoms with E-state index in [2.05, 4.69) is 17.1 Å². The Morgan fingerprint density at radius 1 is 1.25 bits per heavy atom. The van der Waals surface area contributed by atoms with Crippen molar-refractivity contribution in [2.75, 3.05) is 44.7 Å². The zero-order chi connectivity index (χ0) is 20.3. The third kappa shape index (κ3) is 4.74. The molecule has 156 valence electrons. The number of nitrogens with one attached hydrogen (secondary N) is 1. The molecule has 2 fully saturated rings. The Kier molecular flexibility index (Phi) is 6.75. The number of ether oxygens (including phenoxy) is 1. The van der Waals surface area contributed by atoms with Crippen molar-refractivity contribution in [2.45, 2.75) is 44.6 Å². The molecule has 0 radical (unpaired) electrons. The van der Waals surface area contributed by atoms with E-state index in [1.807, 2.05) is 6.92 Å². The van der Waals surface area contributed by atoms with Gasteiger partial charge in [0.1, 0.15) is 0 Å². The second-order valence-electron chi connectivity index (χ2n) is 7.90. The number of anilines is 1. The van der Waals surface area contributed by atoms with Gasteiger partial charge in [-0.1, -0.05) is 13.0 Å². The Labute approximate surface area is 168 Å². The highest BCUT2D eigenvalue weighted by Crippen LogP contribution is 2.25. The smallest absolute Gasteiger partial charge is 0.243 e. The zero-order valence-corrected chi connectivity index (χ0v) is 17.8. The van der Waals surface area contributed by atoms with Gasteiger partial charge >= 0.3 is 0 Å². The largest absolute Gasteiger partial charge is 0.379 e. The molecule has 1 amide bonds. The van der Waals surface area contributed by atoms with Crippen LogP contribution in [0.15, 0.2) is 23.1 Å². The standard InChI is InChI=1S/C20H31N3O4S/c1-15-5-4-8-22(14-15)17(3)20(24)21-18-7-6-16(2)19(13-18)28(25,26)23-9-11-27-12-10-23/h6-7,13,15,17H,4-5,8-12,14H2,1-3H3,(H,21,24)/t15-,17+/m0/s1. The van der Waals surface area contributed by atoms with Gasteiger partial charge in [-0.25, -0.2) is 8.42 Å². The van der Waals surface area contributed by atoms with Crippen LogP contribution in [-0.2, 0) is 19.6 Å². The van der Waals surface area contributed by atoms with Crippen molar-refractivity contribution in [3.63, 3.8) is 0 Å². The third-order valence-corrected chi connectivity index (χ3v) is 7.70. The number of amides is 1. The van der Waals surface area contributed by atoms with Gasteiger partial charge in [0.25, 0.3) is 0 Å². The van der Waals surface area contributed by atoms with Crippen LogP contribution < -0.4 is 5.32 Å². The predicted molar refractivity (Wildman–Crippen MR) is 109 cm³/mol. The summed E-state index contributed by atoms with van der Waals surface area (Å²) in [5.41, 5.74) is 1.18. The Bertz CT molecular complexity index is 806. The fraction of sp³-hybridized carbons (Fsp3) is 0.650. The molecule has 0 aliphatic carbocycles. The van der Waals surface area contributed by atoms with Crippen molar-refractivity contribution in [1.82, 2.24) is 9.21 Å². The normalized spacial score (nSPS) is 23.3. The number of rotatable bonds is 5. The number of nitrogens with zero attached hydrogens (tertiary/aromatic N) is 2. The van der Waals surface area contributed by atoms with Crippen molar-refractivity contribution in [3.05, 3.63) is 23.8 Å². The maximum atomic E-state index is 13.0. The van der Waals surface area contributed by atoms with Crippen LogP contribution in [0.2, 0.25) is 0 Å². The first-order chi connectivity index (χ1) is 13.3. The minimum Gasteiger partial charge on any atom is -0.379 e. The molecular formula is C20H31N3O4S. The van der Waals surface area contributed by atoms with Crippen LogP contribution in [0.25, 0.3) is 0 Å². The monoisotopic (exact) mass is 409 g/mol. The molecule has 28 heavy (non-hydrogen) atoms. The number of morpholine rings is 1. The van der Waals surface area contributed by atoms with Gasteiger partial charge < -0.3 is 10.1 Å². The van der Waals surface area contributed by atoms with Gasteiger partial charge in [-0.15, -0.1) is 0 Å². The predicted octanol–water partition coefficient (Wildman–Crippen LogP) is 2.07. The summed E-state index contributed by atoms with van der Waals surface area (Å²) in [7, 11) is -3.61. The van der Waals surface area contributed by atoms with E-state index in [1.165, 1.54) is 10.7 Å². The van der Waals surface area contributed by atoms with E-state index >= 15 is 0 Å². The Morgan fingerprint density at radius 2 is 1.96 bits per heavy atom. The number of aryl methyl sites for hydroxylation is 1. The summed E-state index contributed by atoms with van der Waals surface area (Å²) in [5, 5.41) is 2.91. The van der Waals surface area contributed by atoms with E-state index in [4.69, 9.17) is 4.74 Å². The summed E-state index contributed by atoms with van der Waals surface area (Å²) in [6.07, 6.45) is 2.30. The lowest BCUT2D eigenvalue weighted by atomic mass is 9.99. The second kappa shape index (κ2) is 8.90. The van der Waals surface area contributed by atoms with Crippen molar-refractivity contribution in [2.24, 2.45) is 5.92 Å². The highest BCUT2D eigenvalue weighted by Gasteiger charge is 2.29. The van der Waals surface area contributed by atoms with Crippen molar-refractivity contribution in [3.8, 4) is 0 Å². The van der Waals surface area contributed by atoms with Gasteiger partial charge in [0.15, 0.2) is 0 Å². The maximum Gasteiger partial charge on any atom is 0.243 e. The number of likely N-dealkylation sites (tertiary alicyclic amines) is 1. The number of carbonyl (C=O) groups excluding carboxylic acids is 1. The Hall–Kier alpha value is -1.48. The lowest BCUT2D eigenvalue weighted by molar-refractivity contribution is -0.121. The topological polar surface area (TPSA) is 79.0 Å². The van der Waals surface area contributed by atoms with E-state index in [-0.39, 0.29) is 16.8 Å². The Balaban J connectivity index is 1.74. The van der Waals surface area contributed by atoms with Crippen LogP contribution >= 0.6 is 0 Å². The van der Waals surface area contributed by atoms with Gasteiger partial charge in [-0.2, -0.15) is 4.31 Å². The average Bonchev–Trinajstić information content (AvgIpc) is 2.69. The fourth-order valence-electron chi connectivity index (χ4n) is 3.87. The molecule has 0 unspecified atom stereocenters. The van der Waals surface area contributed by atoms with Gasteiger partial charge in [0, 0.05) is 25.3 Å². The minimum absolute atomic E-state index is 0.104. The molecule has 0 spiro atoms. The molecular weight excluding hydrogens is 378 g/mol. The molecule has 1 N–H and O–H groups in total. The van der Waals surface area contributed by atoms with E-state index in [1.54, 1.807) is 25.1 Å². The van der Waals surface area contributed by atoms with E-state index in [0.29, 0.717) is 43.5 Å². The van der Waals surface area contributed by atoms with Gasteiger partial charge in [0.2, 0.25) is 15.9 Å². The van der Waals surface area contributed by atoms with Crippen molar-refractivity contribution < 1.29 is 17.9 Å². The summed E-state index contributed by atoms with van der Waals surface area (Å²) < 4.78 is 32.7. The first-order valence-corrected chi connectivity index (χ1v) is 11.5. The van der Waals surface area contributed by atoms with Crippen LogP contribution in [0, 0.1) is 12.8 Å². The van der Waals surface area contributed by atoms with Crippen molar-refractivity contribution >= 4 is 21.6 Å². The molecule has 2 atom stereocenters. The molecule has 8 heteroatoms. The van der Waals surface area contributed by atoms with Gasteiger partial charge in [0.05, 0.1) is 24.2 Å². The number of piperidine rings is 1. The molecule has 3 rings (SSSR count). The molecule has 1 aromatic carbocycles. The quantitative estimate of drug-likeness (QED) is 0.806. The van der Waals surface area contributed by atoms with Crippen LogP contribution in [0.1, 0.15) is 32.3 Å². The third-order valence-electron chi connectivity index (χ3n) is 5.66. The summed E-state index contributed by atoms with van der Waals surface area (Å²) in [6.45, 7) is 9.23. The SMILES string of the molecule is Cc1ccc(NC(=O)[C@@H](C)N2CCC[C@H](C)C2)cc1S(=O)(=O)N1CCOCC1. The van der Waals surface area contributed by atoms with E-state index < -0.39 is 10.0 Å². The molecule has 0 saturated carbocycles. The molecule has 2 aliphatic rings. The van der Waals surface area contributed by atoms with Crippen LogP contribution in [0.4, 0.5) is 5.69 Å². The van der Waals surface area contributed by atoms with E-state index in [9.17, 15) is 13.2 Å². The molecule has 2 saturated heterocycles. The van der Waals surface area contributed by atoms with Gasteiger partial charge in [-0.3, -0.25) is 9.69 Å². The van der Waals surface area contributed by atoms with Crippen LogP contribution in [-0.4, -0.2) is 69.0 Å². The maximum absolute atomic E-state index is 13.0. The number of hydrogen-bond acceptors (Lipinski definition) is 5. The molecule has 0 aromatic heterocycles. The summed E-state index contributed by atoms with van der Waals surface area (Å²) in [4.78, 5) is 15.2. The molecule has 1 aromatic rings. The number of hydrogen-bond donors (Lipinski definition) is 1. The highest BCUT2D eigenvalue weighted by atomic mass is 32.2. The van der Waals surface area contributed by atoms with Crippen molar-refractivity contribution in [1.29, 1.82) is 0 Å². The minimum atomic E-state index is -3.61. The lowest BCUT2D eigenvalue weighted by Crippen LogP contribution is -2.46. The highest BCUT2D eigenvalue weighted by molar-refractivity contribution is 7.89. The summed E-state index contributed by atoms with van der Waals surface area (Å²) >= 11 is 0. The first kappa shape index (κ1) is 21.2. The van der Waals surface area contributed by atoms with Crippen LogP contribution in [0.5, 0.6) is 0 Å². The van der Waals surface area contributed by atoms with Crippen LogP contribution in [0.3, 0.4) is 0 Å². The second-order valence-corrected chi connectivity index (χ2v) is 9.81. The number of carbonyl (C=O) groups is 1. The first-order valence-electron chi connectivity index (χ1n) is 10.0. The average molecular weight is 410 g/mol. The number of benzene rings is 1. The Morgan fingerprint density at radius 3 is 2.64 bits per heavy atom. The molecule has 7 nitrogen and oxygen atoms in total. The summed E-state index contributed by atoms with van der Waals surface area (Å²) in [6, 6.07) is 4.83. The summed E-state index contributed by atoms with van der Waals surface area (Å²) in [5.74, 6) is 0.487. The molecule has 2 aliphatic heterocycles. The van der Waals surface area contributed by atoms with E-state index in [0.717, 1.165) is 19.5 Å². The molecule has 0 bridgehead atoms. The number of sulfonamides is 1. The fourth-order valence-corrected chi connectivity index (χ4v) is 5.53. The van der Waals surface area contributed by atoms with Gasteiger partial charge in [-0.05, 0) is 56.8 Å². The molecule has 2 heterocycles. The lowest BCUT2D eigenvalue weighted by Gasteiger charge is -2.34. The zero-order valence-electron chi connectivity index (χ0n) is 17.0.